The van der Waals surface area contributed by atoms with E-state index in [0.717, 1.165) is 10.9 Å². The normalized spacial score (nSPS) is 11.8. The summed E-state index contributed by atoms with van der Waals surface area (Å²) in [6.07, 6.45) is -0.614. The van der Waals surface area contributed by atoms with Crippen LogP contribution >= 0.6 is 0 Å². The van der Waals surface area contributed by atoms with Crippen LogP contribution in [0.4, 0.5) is 0 Å². The van der Waals surface area contributed by atoms with Gasteiger partial charge in [-0.3, -0.25) is 4.79 Å². The van der Waals surface area contributed by atoms with Crippen LogP contribution in [0, 0.1) is 0 Å². The zero-order valence-corrected chi connectivity index (χ0v) is 14.4. The van der Waals surface area contributed by atoms with Crippen molar-refractivity contribution < 1.29 is 14.3 Å². The molecular formula is C21H21NO3. The summed E-state index contributed by atoms with van der Waals surface area (Å²) in [5.74, 6) is 0.995. The molecule has 0 bridgehead atoms. The monoisotopic (exact) mass is 335 g/mol. The Kier molecular flexibility index (Phi) is 5.19. The molecule has 128 valence electrons. The Balaban J connectivity index is 1.61. The molecule has 0 radical (unpaired) electrons. The number of fused-ring (bicyclic) bond motifs is 1. The van der Waals surface area contributed by atoms with E-state index in [1.165, 1.54) is 5.39 Å². The average molecular weight is 335 g/mol. The Morgan fingerprint density at radius 1 is 0.960 bits per heavy atom. The van der Waals surface area contributed by atoms with Gasteiger partial charge in [-0.2, -0.15) is 0 Å². The number of hydrogen-bond donors (Lipinski definition) is 1. The van der Waals surface area contributed by atoms with Crippen molar-refractivity contribution in [2.24, 2.45) is 0 Å². The molecule has 25 heavy (non-hydrogen) atoms. The molecule has 0 aliphatic heterocycles. The third-order valence-corrected chi connectivity index (χ3v) is 4.02. The lowest BCUT2D eigenvalue weighted by atomic mass is 10.1. The van der Waals surface area contributed by atoms with Crippen molar-refractivity contribution in [1.29, 1.82) is 0 Å². The van der Waals surface area contributed by atoms with Crippen LogP contribution in [0.5, 0.6) is 11.5 Å². The van der Waals surface area contributed by atoms with E-state index in [1.54, 1.807) is 26.2 Å². The fourth-order valence-electron chi connectivity index (χ4n) is 2.64. The minimum atomic E-state index is -0.614. The van der Waals surface area contributed by atoms with Gasteiger partial charge in [0.1, 0.15) is 0 Å². The van der Waals surface area contributed by atoms with Crippen LogP contribution in [0.25, 0.3) is 10.8 Å². The maximum absolute atomic E-state index is 12.3. The van der Waals surface area contributed by atoms with Gasteiger partial charge in [-0.05, 0) is 41.5 Å². The first-order valence-corrected chi connectivity index (χ1v) is 8.22. The molecule has 1 amide bonds. The molecule has 1 unspecified atom stereocenters. The second-order valence-electron chi connectivity index (χ2n) is 5.81. The van der Waals surface area contributed by atoms with Gasteiger partial charge in [-0.25, -0.2) is 0 Å². The van der Waals surface area contributed by atoms with Crippen molar-refractivity contribution >= 4 is 16.7 Å². The Morgan fingerprint density at radius 3 is 2.40 bits per heavy atom. The van der Waals surface area contributed by atoms with Crippen molar-refractivity contribution in [3.63, 3.8) is 0 Å². The molecule has 3 aromatic carbocycles. The molecule has 3 aromatic rings. The zero-order chi connectivity index (χ0) is 17.6. The second kappa shape index (κ2) is 7.71. The SMILES string of the molecule is COc1ccccc1OC(C)C(=O)NCc1ccc2ccccc2c1. The van der Waals surface area contributed by atoms with Gasteiger partial charge in [0.05, 0.1) is 7.11 Å². The van der Waals surface area contributed by atoms with Crippen molar-refractivity contribution in [2.45, 2.75) is 19.6 Å². The molecule has 0 fully saturated rings. The minimum absolute atomic E-state index is 0.168. The van der Waals surface area contributed by atoms with Gasteiger partial charge in [0.25, 0.3) is 5.91 Å². The number of hydrogen-bond acceptors (Lipinski definition) is 3. The topological polar surface area (TPSA) is 47.6 Å². The van der Waals surface area contributed by atoms with E-state index in [1.807, 2.05) is 30.3 Å². The van der Waals surface area contributed by atoms with E-state index in [0.29, 0.717) is 18.0 Å². The van der Waals surface area contributed by atoms with Crippen molar-refractivity contribution in [1.82, 2.24) is 5.32 Å². The number of nitrogens with one attached hydrogen (secondary N) is 1. The zero-order valence-electron chi connectivity index (χ0n) is 14.4. The predicted octanol–water partition coefficient (Wildman–Crippen LogP) is 3.93. The van der Waals surface area contributed by atoms with E-state index in [-0.39, 0.29) is 5.91 Å². The van der Waals surface area contributed by atoms with Crippen LogP contribution in [-0.2, 0) is 11.3 Å². The van der Waals surface area contributed by atoms with Gasteiger partial charge >= 0.3 is 0 Å². The number of amides is 1. The van der Waals surface area contributed by atoms with Crippen LogP contribution in [0.1, 0.15) is 12.5 Å². The van der Waals surface area contributed by atoms with Crippen molar-refractivity contribution in [2.75, 3.05) is 7.11 Å². The number of ether oxygens (including phenoxy) is 2. The summed E-state index contributed by atoms with van der Waals surface area (Å²) in [5.41, 5.74) is 1.05. The van der Waals surface area contributed by atoms with E-state index in [9.17, 15) is 4.79 Å². The lowest BCUT2D eigenvalue weighted by Gasteiger charge is -2.16. The van der Waals surface area contributed by atoms with Crippen LogP contribution in [0.3, 0.4) is 0 Å². The Bertz CT molecular complexity index is 876. The lowest BCUT2D eigenvalue weighted by molar-refractivity contribution is -0.127. The van der Waals surface area contributed by atoms with Gasteiger partial charge in [-0.15, -0.1) is 0 Å². The van der Waals surface area contributed by atoms with Gasteiger partial charge in [0.2, 0.25) is 0 Å². The Labute approximate surface area is 147 Å². The van der Waals surface area contributed by atoms with Gasteiger partial charge in [0, 0.05) is 6.54 Å². The number of carbonyl (C=O) groups is 1. The summed E-state index contributed by atoms with van der Waals surface area (Å²) in [7, 11) is 1.58. The molecule has 0 heterocycles. The Hall–Kier alpha value is -3.01. The number of carbonyl (C=O) groups excluding carboxylic acids is 1. The fraction of sp³-hybridized carbons (Fsp3) is 0.190. The molecule has 0 aliphatic carbocycles. The average Bonchev–Trinajstić information content (AvgIpc) is 2.66. The summed E-state index contributed by atoms with van der Waals surface area (Å²) < 4.78 is 11.0. The highest BCUT2D eigenvalue weighted by Gasteiger charge is 2.16. The molecule has 1 N–H and O–H groups in total. The summed E-state index contributed by atoms with van der Waals surface area (Å²) in [6, 6.07) is 21.6. The van der Waals surface area contributed by atoms with Gasteiger partial charge < -0.3 is 14.8 Å². The molecule has 0 aliphatic rings. The highest BCUT2D eigenvalue weighted by Crippen LogP contribution is 2.26. The third kappa shape index (κ3) is 4.10. The summed E-state index contributed by atoms with van der Waals surface area (Å²) in [6.45, 7) is 2.19. The maximum atomic E-state index is 12.3. The molecule has 0 spiro atoms. The largest absolute Gasteiger partial charge is 0.493 e. The molecule has 4 nitrogen and oxygen atoms in total. The van der Waals surface area contributed by atoms with E-state index in [4.69, 9.17) is 9.47 Å². The van der Waals surface area contributed by atoms with Crippen LogP contribution in [0.2, 0.25) is 0 Å². The highest BCUT2D eigenvalue weighted by atomic mass is 16.5. The summed E-state index contributed by atoms with van der Waals surface area (Å²) >= 11 is 0. The van der Waals surface area contributed by atoms with Crippen LogP contribution < -0.4 is 14.8 Å². The fourth-order valence-corrected chi connectivity index (χ4v) is 2.64. The third-order valence-electron chi connectivity index (χ3n) is 4.02. The highest BCUT2D eigenvalue weighted by molar-refractivity contribution is 5.83. The quantitative estimate of drug-likeness (QED) is 0.742. The first-order chi connectivity index (χ1) is 12.2. The molecular weight excluding hydrogens is 314 g/mol. The lowest BCUT2D eigenvalue weighted by Crippen LogP contribution is -2.35. The van der Waals surface area contributed by atoms with Crippen molar-refractivity contribution in [3.05, 3.63) is 72.3 Å². The molecule has 0 aromatic heterocycles. The standard InChI is InChI=1S/C21H21NO3/c1-15(25-20-10-6-5-9-19(20)24-2)21(23)22-14-16-11-12-17-7-3-4-8-18(17)13-16/h3-13,15H,14H2,1-2H3,(H,22,23). The first-order valence-electron chi connectivity index (χ1n) is 8.22. The predicted molar refractivity (Wildman–Crippen MR) is 98.9 cm³/mol. The first kappa shape index (κ1) is 16.8. The van der Waals surface area contributed by atoms with E-state index >= 15 is 0 Å². The molecule has 1 atom stereocenters. The number of benzene rings is 3. The summed E-state index contributed by atoms with van der Waals surface area (Å²) in [5, 5.41) is 5.26. The molecule has 4 heteroatoms. The summed E-state index contributed by atoms with van der Waals surface area (Å²) in [4.78, 5) is 12.3. The second-order valence-corrected chi connectivity index (χ2v) is 5.81. The van der Waals surface area contributed by atoms with Gasteiger partial charge in [0.15, 0.2) is 17.6 Å². The minimum Gasteiger partial charge on any atom is -0.493 e. The number of methoxy groups -OCH3 is 1. The number of para-hydroxylation sites is 2. The molecule has 0 saturated heterocycles. The van der Waals surface area contributed by atoms with Crippen LogP contribution in [-0.4, -0.2) is 19.1 Å². The smallest absolute Gasteiger partial charge is 0.261 e. The van der Waals surface area contributed by atoms with Gasteiger partial charge in [-0.1, -0.05) is 48.5 Å². The van der Waals surface area contributed by atoms with Crippen molar-refractivity contribution in [3.8, 4) is 11.5 Å². The molecule has 0 saturated carbocycles. The van der Waals surface area contributed by atoms with Crippen LogP contribution in [0.15, 0.2) is 66.7 Å². The van der Waals surface area contributed by atoms with E-state index < -0.39 is 6.10 Å². The van der Waals surface area contributed by atoms with E-state index in [2.05, 4.69) is 29.6 Å². The molecule has 3 rings (SSSR count). The maximum Gasteiger partial charge on any atom is 0.261 e. The Morgan fingerprint density at radius 2 is 1.64 bits per heavy atom. The number of rotatable bonds is 6.